The summed E-state index contributed by atoms with van der Waals surface area (Å²) in [4.78, 5) is 25.4. The molecular weight excluding hydrogens is 375 g/mol. The van der Waals surface area contributed by atoms with Gasteiger partial charge in [-0.25, -0.2) is 4.68 Å². The van der Waals surface area contributed by atoms with Crippen molar-refractivity contribution < 1.29 is 27.9 Å². The van der Waals surface area contributed by atoms with Gasteiger partial charge in [0.25, 0.3) is 5.91 Å². The standard InChI is InChI=1S/C19H18F3N3O3/c20-19(21,22)18(17(27)28)8-9-24(11-18)16(26)14-10-23-25(15(14)12-6-7-12)13-4-2-1-3-5-13/h1-5,10,12H,6-9,11H2,(H,27,28). The Balaban J connectivity index is 1.67. The lowest BCUT2D eigenvalue weighted by Gasteiger charge is -2.27. The van der Waals surface area contributed by atoms with Crippen molar-refractivity contribution in [3.63, 3.8) is 0 Å². The van der Waals surface area contributed by atoms with E-state index in [4.69, 9.17) is 0 Å². The minimum Gasteiger partial charge on any atom is -0.481 e. The Hall–Kier alpha value is -2.84. The monoisotopic (exact) mass is 393 g/mol. The van der Waals surface area contributed by atoms with Gasteiger partial charge in [-0.05, 0) is 31.4 Å². The Kier molecular flexibility index (Phi) is 4.20. The zero-order valence-corrected chi connectivity index (χ0v) is 14.8. The fraction of sp³-hybridized carbons (Fsp3) is 0.421. The van der Waals surface area contributed by atoms with Gasteiger partial charge in [0.05, 0.1) is 23.1 Å². The van der Waals surface area contributed by atoms with E-state index in [9.17, 15) is 27.9 Å². The number of para-hydroxylation sites is 1. The maximum Gasteiger partial charge on any atom is 0.406 e. The fourth-order valence-electron chi connectivity index (χ4n) is 3.73. The maximum atomic E-state index is 13.4. The van der Waals surface area contributed by atoms with E-state index in [1.54, 1.807) is 4.68 Å². The van der Waals surface area contributed by atoms with Crippen LogP contribution in [0.1, 0.15) is 41.2 Å². The van der Waals surface area contributed by atoms with Crippen LogP contribution >= 0.6 is 0 Å². The summed E-state index contributed by atoms with van der Waals surface area (Å²) in [7, 11) is 0. The molecule has 28 heavy (non-hydrogen) atoms. The molecule has 1 unspecified atom stereocenters. The molecule has 0 spiro atoms. The van der Waals surface area contributed by atoms with Crippen LogP contribution < -0.4 is 0 Å². The van der Waals surface area contributed by atoms with Crippen LogP contribution in [-0.4, -0.2) is 50.9 Å². The summed E-state index contributed by atoms with van der Waals surface area (Å²) in [5.74, 6) is -2.43. The number of benzene rings is 1. The number of halogens is 3. The summed E-state index contributed by atoms with van der Waals surface area (Å²) in [6.07, 6.45) is -2.46. The van der Waals surface area contributed by atoms with Crippen molar-refractivity contribution in [3.05, 3.63) is 47.8 Å². The molecule has 1 N–H and O–H groups in total. The van der Waals surface area contributed by atoms with Crippen molar-refractivity contribution in [3.8, 4) is 5.69 Å². The third-order valence-electron chi connectivity index (χ3n) is 5.51. The summed E-state index contributed by atoms with van der Waals surface area (Å²) in [6, 6.07) is 9.19. The third kappa shape index (κ3) is 2.85. The minimum absolute atomic E-state index is 0.121. The topological polar surface area (TPSA) is 75.4 Å². The minimum atomic E-state index is -4.93. The van der Waals surface area contributed by atoms with E-state index in [2.05, 4.69) is 5.10 Å². The first-order valence-electron chi connectivity index (χ1n) is 8.97. The highest BCUT2D eigenvalue weighted by Crippen LogP contribution is 2.47. The molecule has 4 rings (SSSR count). The Morgan fingerprint density at radius 1 is 1.18 bits per heavy atom. The predicted molar refractivity (Wildman–Crippen MR) is 92.2 cm³/mol. The van der Waals surface area contributed by atoms with Crippen LogP contribution in [-0.2, 0) is 4.79 Å². The highest BCUT2D eigenvalue weighted by Gasteiger charge is 2.64. The lowest BCUT2D eigenvalue weighted by molar-refractivity contribution is -0.227. The lowest BCUT2D eigenvalue weighted by Crippen LogP contribution is -2.47. The largest absolute Gasteiger partial charge is 0.481 e. The number of carbonyl (C=O) groups is 2. The van der Waals surface area contributed by atoms with Gasteiger partial charge in [-0.3, -0.25) is 9.59 Å². The van der Waals surface area contributed by atoms with Crippen LogP contribution in [0.3, 0.4) is 0 Å². The van der Waals surface area contributed by atoms with Crippen molar-refractivity contribution in [2.24, 2.45) is 5.41 Å². The average molecular weight is 393 g/mol. The molecule has 2 aliphatic rings. The number of alkyl halides is 3. The smallest absolute Gasteiger partial charge is 0.406 e. The SMILES string of the molecule is O=C(c1cnn(-c2ccccc2)c1C1CC1)N1CCC(C(=O)O)(C(F)(F)F)C1. The summed E-state index contributed by atoms with van der Waals surface area (Å²) < 4.78 is 41.9. The van der Waals surface area contributed by atoms with E-state index in [-0.39, 0.29) is 18.0 Å². The number of likely N-dealkylation sites (tertiary alicyclic amines) is 1. The Bertz CT molecular complexity index is 921. The molecule has 2 fully saturated rings. The van der Waals surface area contributed by atoms with Gasteiger partial charge in [-0.1, -0.05) is 18.2 Å². The molecule has 6 nitrogen and oxygen atoms in total. The van der Waals surface area contributed by atoms with E-state index in [1.165, 1.54) is 6.20 Å². The van der Waals surface area contributed by atoms with E-state index in [0.717, 1.165) is 23.4 Å². The normalized spacial score (nSPS) is 22.5. The van der Waals surface area contributed by atoms with Crippen LogP contribution in [0.25, 0.3) is 5.69 Å². The molecule has 1 aliphatic heterocycles. The van der Waals surface area contributed by atoms with Gasteiger partial charge in [0.1, 0.15) is 0 Å². The first kappa shape index (κ1) is 18.5. The summed E-state index contributed by atoms with van der Waals surface area (Å²) >= 11 is 0. The maximum absolute atomic E-state index is 13.4. The molecule has 1 aromatic heterocycles. The zero-order valence-electron chi connectivity index (χ0n) is 14.8. The van der Waals surface area contributed by atoms with Crippen LogP contribution in [0.15, 0.2) is 36.5 Å². The highest BCUT2D eigenvalue weighted by atomic mass is 19.4. The van der Waals surface area contributed by atoms with E-state index < -0.39 is 36.4 Å². The quantitative estimate of drug-likeness (QED) is 0.866. The van der Waals surface area contributed by atoms with Gasteiger partial charge in [-0.15, -0.1) is 0 Å². The molecule has 2 heterocycles. The molecule has 0 radical (unpaired) electrons. The number of rotatable bonds is 4. The van der Waals surface area contributed by atoms with Crippen molar-refractivity contribution >= 4 is 11.9 Å². The van der Waals surface area contributed by atoms with E-state index in [0.29, 0.717) is 5.69 Å². The second-order valence-electron chi connectivity index (χ2n) is 7.33. The van der Waals surface area contributed by atoms with Gasteiger partial charge in [0, 0.05) is 19.0 Å². The first-order valence-corrected chi connectivity index (χ1v) is 8.97. The number of amides is 1. The molecule has 2 aromatic rings. The van der Waals surface area contributed by atoms with E-state index >= 15 is 0 Å². The van der Waals surface area contributed by atoms with Gasteiger partial charge >= 0.3 is 12.1 Å². The van der Waals surface area contributed by atoms with Gasteiger partial charge < -0.3 is 10.0 Å². The van der Waals surface area contributed by atoms with Crippen LogP contribution in [0.2, 0.25) is 0 Å². The van der Waals surface area contributed by atoms with Crippen molar-refractivity contribution in [2.45, 2.75) is 31.4 Å². The van der Waals surface area contributed by atoms with Gasteiger partial charge in [-0.2, -0.15) is 18.3 Å². The van der Waals surface area contributed by atoms with Crippen molar-refractivity contribution in [1.82, 2.24) is 14.7 Å². The second kappa shape index (κ2) is 6.35. The predicted octanol–water partition coefficient (Wildman–Crippen LogP) is 3.23. The summed E-state index contributed by atoms with van der Waals surface area (Å²) in [5, 5.41) is 13.5. The number of hydrogen-bond donors (Lipinski definition) is 1. The van der Waals surface area contributed by atoms with Crippen LogP contribution in [0.5, 0.6) is 0 Å². The van der Waals surface area contributed by atoms with Gasteiger partial charge in [0.2, 0.25) is 0 Å². The number of aliphatic carboxylic acids is 1. The second-order valence-corrected chi connectivity index (χ2v) is 7.33. The Morgan fingerprint density at radius 2 is 1.86 bits per heavy atom. The highest BCUT2D eigenvalue weighted by molar-refractivity contribution is 5.96. The molecule has 1 amide bonds. The number of nitrogens with zero attached hydrogens (tertiary/aromatic N) is 3. The molecule has 1 atom stereocenters. The molecule has 148 valence electrons. The third-order valence-corrected chi connectivity index (χ3v) is 5.51. The van der Waals surface area contributed by atoms with Crippen molar-refractivity contribution in [1.29, 1.82) is 0 Å². The molecule has 0 bridgehead atoms. The summed E-state index contributed by atoms with van der Waals surface area (Å²) in [6.45, 7) is -1.14. The van der Waals surface area contributed by atoms with Crippen LogP contribution in [0.4, 0.5) is 13.2 Å². The average Bonchev–Trinajstić information content (AvgIpc) is 3.21. The number of carboxylic acid groups (broad SMARTS) is 1. The van der Waals surface area contributed by atoms with E-state index in [1.807, 2.05) is 30.3 Å². The number of carboxylic acids is 1. The molecule has 1 saturated carbocycles. The molecule has 1 aliphatic carbocycles. The zero-order chi connectivity index (χ0) is 20.1. The van der Waals surface area contributed by atoms with Crippen LogP contribution in [0, 0.1) is 5.41 Å². The number of aromatic nitrogens is 2. The van der Waals surface area contributed by atoms with Crippen molar-refractivity contribution in [2.75, 3.05) is 13.1 Å². The summed E-state index contributed by atoms with van der Waals surface area (Å²) in [5.41, 5.74) is -1.23. The Labute approximate surface area is 158 Å². The molecule has 9 heteroatoms. The number of hydrogen-bond acceptors (Lipinski definition) is 3. The fourth-order valence-corrected chi connectivity index (χ4v) is 3.73. The Morgan fingerprint density at radius 3 is 2.39 bits per heavy atom. The first-order chi connectivity index (χ1) is 13.2. The van der Waals surface area contributed by atoms with Gasteiger partial charge in [0.15, 0.2) is 5.41 Å². The number of carbonyl (C=O) groups excluding carboxylic acids is 1. The lowest BCUT2D eigenvalue weighted by atomic mass is 9.86. The molecule has 1 aromatic carbocycles. The molecule has 1 saturated heterocycles. The molecular formula is C19H18F3N3O3.